The van der Waals surface area contributed by atoms with Crippen LogP contribution in [-0.4, -0.2) is 215 Å². The molecule has 39 nitrogen and oxygen atoms in total. The molecular formula is C92H99N35O4. The van der Waals surface area contributed by atoms with E-state index in [2.05, 4.69) is 111 Å². The normalized spacial score (nSPS) is 12.0. The van der Waals surface area contributed by atoms with Gasteiger partial charge in [-0.2, -0.15) is 25.5 Å². The Kier molecular flexibility index (Phi) is 24.0. The number of aromatic nitrogens is 25. The van der Waals surface area contributed by atoms with Gasteiger partial charge in [-0.3, -0.25) is 44.7 Å². The summed E-state index contributed by atoms with van der Waals surface area (Å²) in [5.41, 5.74) is 51.9. The molecule has 1 saturated carbocycles. The molecule has 15 aromatic heterocycles. The van der Waals surface area contributed by atoms with Crippen molar-refractivity contribution in [2.45, 2.75) is 93.5 Å². The Balaban J connectivity index is 0.000000115. The van der Waals surface area contributed by atoms with E-state index in [-0.39, 0.29) is 35.5 Å². The summed E-state index contributed by atoms with van der Waals surface area (Å²) in [5.74, 6) is 6.25. The summed E-state index contributed by atoms with van der Waals surface area (Å²) in [6.45, 7) is 14.8. The zero-order valence-corrected chi connectivity index (χ0v) is 74.1. The van der Waals surface area contributed by atoms with Crippen LogP contribution in [0.2, 0.25) is 0 Å². The number of nitrogens with one attached hydrogen (secondary N) is 9. The van der Waals surface area contributed by atoms with E-state index in [9.17, 15) is 19.2 Å². The van der Waals surface area contributed by atoms with E-state index >= 15 is 0 Å². The lowest BCUT2D eigenvalue weighted by atomic mass is 10.1. The number of nitrogen functional groups attached to an aromatic ring is 5. The van der Waals surface area contributed by atoms with Gasteiger partial charge in [0.15, 0.2) is 5.82 Å². The maximum atomic E-state index is 12.4. The molecule has 39 heteroatoms. The highest BCUT2D eigenvalue weighted by Crippen LogP contribution is 2.38. The molecule has 4 amide bonds. The number of rotatable bonds is 20. The number of benzene rings is 5. The van der Waals surface area contributed by atoms with Crippen molar-refractivity contribution in [1.82, 2.24) is 150 Å². The van der Waals surface area contributed by atoms with Crippen LogP contribution >= 0.6 is 0 Å². The molecule has 131 heavy (non-hydrogen) atoms. The number of nitrogens with zero attached hydrogens (tertiary/aromatic N) is 21. The molecule has 0 saturated heterocycles. The molecule has 0 spiro atoms. The number of carbonyl (C=O) groups is 4. The number of fused-ring (bicyclic) bond motifs is 15. The highest BCUT2D eigenvalue weighted by molar-refractivity contribution is 6.11. The van der Waals surface area contributed by atoms with Gasteiger partial charge in [0.1, 0.15) is 102 Å². The van der Waals surface area contributed by atoms with Crippen molar-refractivity contribution in [2.24, 2.45) is 18.9 Å². The van der Waals surface area contributed by atoms with Gasteiger partial charge in [0.05, 0.1) is 94.3 Å². The Morgan fingerprint density at radius 2 is 0.725 bits per heavy atom. The Labute approximate surface area is 747 Å². The van der Waals surface area contributed by atoms with Crippen molar-refractivity contribution in [2.75, 3.05) is 69.9 Å². The van der Waals surface area contributed by atoms with E-state index in [4.69, 9.17) is 43.6 Å². The standard InChI is InChI=1S/C20H23N7O.C19H19N7O.C19H21N7O.C18H19N7O.C16H17N7/c1-4-27(20(28)11(2)3)10-16-24-17-13-6-5-12(14-7-8-22-26-14)9-15(13)23-19(21)18(17)25-16;1-26(19(27)10-2-3-10)9-15-23-16-12-5-4-11(13-6-7-21-25-13)8-14(12)22-18(20)17(16)24-15;1-4-26(11(2)27)10-16-23-17-18(25(16)3)13-6-5-12(14-7-8-21-24-14)9-15(13)22-19(17)20;1-3-15(26)25(2)9-14-22-16-11-5-4-10(12-6-7-20-24-12)8-13(11)21-18(19)17(16)23-14;1-23(2)8-13-20-14-10-4-3-9(11-5-6-18-22-11)7-12(10)19-16(17)15(14)21-13/h5-9,11H,4,10H2,1-3H3,(H2,21,23)(H,22,26)(H,24,25);4-8,10H,2-3,9H2,1H3,(H2,20,22)(H,21,25)(H,23,24);5-9H,4,10H2,1-3H3,(H2,20,22)(H,21,24);4-8H,3,9H2,1-2H3,(H2,19,21)(H,20,24)(H,22,23);3-7H,8H2,1-2H3,(H2,17,19)(H,18,22)(H,20,21). The fraction of sp³-hybridized carbons (Fsp3) is 0.250. The van der Waals surface area contributed by atoms with Gasteiger partial charge in [0.25, 0.3) is 0 Å². The summed E-state index contributed by atoms with van der Waals surface area (Å²) in [7, 11) is 9.52. The van der Waals surface area contributed by atoms with Gasteiger partial charge in [-0.15, -0.1) is 0 Å². The highest BCUT2D eigenvalue weighted by atomic mass is 16.2. The predicted octanol–water partition coefficient (Wildman–Crippen LogP) is 12.6. The lowest BCUT2D eigenvalue weighted by molar-refractivity contribution is -0.135. The molecule has 1 fully saturated rings. The molecule has 0 radical (unpaired) electrons. The van der Waals surface area contributed by atoms with Crippen LogP contribution in [0.25, 0.3) is 166 Å². The molecule has 15 heterocycles. The molecule has 0 aliphatic heterocycles. The second-order valence-corrected chi connectivity index (χ2v) is 32.8. The summed E-state index contributed by atoms with van der Waals surface area (Å²) in [5, 5.41) is 39.4. The molecule has 0 atom stereocenters. The summed E-state index contributed by atoms with van der Waals surface area (Å²) in [6, 6.07) is 39.5. The molecular weight excluding hydrogens is 1660 g/mol. The molecule has 19 N–H and O–H groups in total. The van der Waals surface area contributed by atoms with Gasteiger partial charge in [-0.1, -0.05) is 51.1 Å². The number of carbonyl (C=O) groups excluding carboxylic acids is 4. The van der Waals surface area contributed by atoms with E-state index < -0.39 is 0 Å². The van der Waals surface area contributed by atoms with Crippen LogP contribution in [0.5, 0.6) is 0 Å². The Morgan fingerprint density at radius 1 is 0.397 bits per heavy atom. The van der Waals surface area contributed by atoms with E-state index in [1.807, 2.05) is 189 Å². The Bertz CT molecular complexity index is 7610. The highest BCUT2D eigenvalue weighted by Gasteiger charge is 2.33. The summed E-state index contributed by atoms with van der Waals surface area (Å²) < 4.78 is 2.00. The van der Waals surface area contributed by atoms with Crippen LogP contribution in [0.1, 0.15) is 89.9 Å². The average molecular weight is 1760 g/mol. The molecule has 20 aromatic rings. The Morgan fingerprint density at radius 3 is 1.04 bits per heavy atom. The average Bonchev–Trinajstić information content (AvgIpc) is 1.53. The molecule has 21 rings (SSSR count). The lowest BCUT2D eigenvalue weighted by Gasteiger charge is -2.21. The van der Waals surface area contributed by atoms with Crippen molar-refractivity contribution < 1.29 is 19.2 Å². The maximum Gasteiger partial charge on any atom is 0.225 e. The van der Waals surface area contributed by atoms with Crippen LogP contribution in [-0.2, 0) is 58.9 Å². The zero-order chi connectivity index (χ0) is 91.7. The van der Waals surface area contributed by atoms with Gasteiger partial charge < -0.3 is 77.7 Å². The third-order valence-corrected chi connectivity index (χ3v) is 23.0. The number of hydrogen-bond acceptors (Lipinski definition) is 25. The minimum absolute atomic E-state index is 0.0183. The number of amides is 4. The zero-order valence-electron chi connectivity index (χ0n) is 74.1. The second kappa shape index (κ2) is 36.4. The van der Waals surface area contributed by atoms with Gasteiger partial charge >= 0.3 is 0 Å². The molecule has 5 aromatic carbocycles. The van der Waals surface area contributed by atoms with E-state index in [1.165, 1.54) is 0 Å². The first-order valence-corrected chi connectivity index (χ1v) is 42.8. The van der Waals surface area contributed by atoms with Crippen molar-refractivity contribution >= 4 is 162 Å². The van der Waals surface area contributed by atoms with Crippen LogP contribution in [0.4, 0.5) is 29.1 Å². The van der Waals surface area contributed by atoms with E-state index in [0.29, 0.717) is 114 Å². The fourth-order valence-electron chi connectivity index (χ4n) is 16.0. The number of hydrogen-bond donors (Lipinski definition) is 14. The topological polar surface area (TPSA) is 555 Å². The van der Waals surface area contributed by atoms with Crippen LogP contribution in [0, 0.1) is 11.8 Å². The van der Waals surface area contributed by atoms with Crippen LogP contribution in [0.15, 0.2) is 152 Å². The van der Waals surface area contributed by atoms with Gasteiger partial charge in [-0.25, -0.2) is 49.8 Å². The molecule has 666 valence electrons. The number of aromatic amines is 9. The molecule has 1 aliphatic carbocycles. The lowest BCUT2D eigenvalue weighted by Crippen LogP contribution is -2.33. The number of imidazole rings is 5. The van der Waals surface area contributed by atoms with Gasteiger partial charge in [0.2, 0.25) is 23.6 Å². The number of aryl methyl sites for hydroxylation is 1. The van der Waals surface area contributed by atoms with Gasteiger partial charge in [0, 0.05) is 145 Å². The first-order chi connectivity index (χ1) is 63.2. The maximum absolute atomic E-state index is 12.4. The number of H-pyrrole nitrogens is 9. The molecule has 0 bridgehead atoms. The fourth-order valence-corrected chi connectivity index (χ4v) is 16.0. The molecule has 1 aliphatic rings. The van der Waals surface area contributed by atoms with E-state index in [0.717, 1.165) is 175 Å². The first-order valence-electron chi connectivity index (χ1n) is 42.8. The van der Waals surface area contributed by atoms with Crippen LogP contribution < -0.4 is 28.7 Å². The largest absolute Gasteiger partial charge is 0.382 e. The van der Waals surface area contributed by atoms with Crippen LogP contribution in [0.3, 0.4) is 0 Å². The SMILES string of the molecule is CCC(=O)N(C)Cc1nc2c([nH]1)c(N)nc1cc(-c3ccn[nH]3)ccc12.CCN(Cc1nc2c(N)nc3cc(-c4ccn[nH]4)ccc3c2n1C)C(C)=O.CCN(Cc1nc2c([nH]1)c(N)nc1cc(-c3ccn[nH]3)ccc12)C(=O)C(C)C.CN(C)Cc1nc2c([nH]1)c(N)nc1cc(-c3ccn[nH]3)ccc12.CN(Cc1nc2c([nH]1)c(N)nc1cc(-c3ccn[nH]3)ccc12)C(=O)C1CC1. The second-order valence-electron chi connectivity index (χ2n) is 32.8. The van der Waals surface area contributed by atoms with Crippen molar-refractivity contribution in [1.29, 1.82) is 0 Å². The van der Waals surface area contributed by atoms with Crippen molar-refractivity contribution in [3.8, 4) is 56.3 Å². The summed E-state index contributed by atoms with van der Waals surface area (Å²) in [4.78, 5) is 116. The smallest absolute Gasteiger partial charge is 0.225 e. The summed E-state index contributed by atoms with van der Waals surface area (Å²) in [6.07, 6.45) is 11.0. The summed E-state index contributed by atoms with van der Waals surface area (Å²) >= 11 is 0. The third kappa shape index (κ3) is 17.9. The number of anilines is 5. The first kappa shape index (κ1) is 86.5. The quantitative estimate of drug-likeness (QED) is 0.0337. The monoisotopic (exact) mass is 1760 g/mol. The predicted molar refractivity (Wildman–Crippen MR) is 508 cm³/mol. The van der Waals surface area contributed by atoms with Crippen molar-refractivity contribution in [3.05, 3.63) is 181 Å². The minimum Gasteiger partial charge on any atom is -0.382 e. The molecule has 0 unspecified atom stereocenters. The minimum atomic E-state index is -0.0576. The number of pyridine rings is 5. The third-order valence-electron chi connectivity index (χ3n) is 23.0. The van der Waals surface area contributed by atoms with E-state index in [1.54, 1.807) is 64.6 Å². The van der Waals surface area contributed by atoms with Crippen molar-refractivity contribution in [3.63, 3.8) is 0 Å². The van der Waals surface area contributed by atoms with Gasteiger partial charge in [-0.05, 0) is 132 Å². The number of nitrogens with two attached hydrogens (primary N) is 5. The Hall–Kier alpha value is -16.6.